The van der Waals surface area contributed by atoms with Gasteiger partial charge in [0, 0.05) is 0 Å². The quantitative estimate of drug-likeness (QED) is 0.456. The molecular weight excluding hydrogens is 276 g/mol. The molecule has 1 rings (SSSR count). The van der Waals surface area contributed by atoms with E-state index in [2.05, 4.69) is 22.2 Å². The smallest absolute Gasteiger partial charge is 0.157 e. The minimum atomic E-state index is -0.0468. The molecule has 6 heteroatoms. The number of nitrogens with one attached hydrogen (secondary N) is 1. The van der Waals surface area contributed by atoms with Crippen LogP contribution in [0.15, 0.2) is 6.33 Å². The van der Waals surface area contributed by atoms with Crippen molar-refractivity contribution in [2.24, 2.45) is 0 Å². The Labute approximate surface area is 126 Å². The summed E-state index contributed by atoms with van der Waals surface area (Å²) in [6.45, 7) is 2.26. The molecule has 0 spiro atoms. The van der Waals surface area contributed by atoms with Gasteiger partial charge in [0.05, 0.1) is 12.6 Å². The number of unbranched alkanes of at least 4 members (excludes halogenated alkanes) is 5. The first-order valence-corrected chi connectivity index (χ1v) is 7.70. The van der Waals surface area contributed by atoms with E-state index in [1.54, 1.807) is 0 Å². The highest BCUT2D eigenvalue weighted by atomic mass is 35.5. The van der Waals surface area contributed by atoms with Crippen LogP contribution in [0.1, 0.15) is 51.9 Å². The van der Waals surface area contributed by atoms with Crippen LogP contribution in [0, 0.1) is 0 Å². The molecule has 20 heavy (non-hydrogen) atoms. The topological polar surface area (TPSA) is 84.1 Å². The number of halogens is 1. The molecule has 0 aliphatic heterocycles. The highest BCUT2D eigenvalue weighted by Crippen LogP contribution is 2.23. The first-order chi connectivity index (χ1) is 9.69. The van der Waals surface area contributed by atoms with Gasteiger partial charge in [-0.1, -0.05) is 57.0 Å². The molecule has 1 aromatic heterocycles. The van der Waals surface area contributed by atoms with E-state index in [9.17, 15) is 5.11 Å². The molecule has 0 aromatic carbocycles. The van der Waals surface area contributed by atoms with Crippen molar-refractivity contribution in [2.45, 2.75) is 57.9 Å². The van der Waals surface area contributed by atoms with Gasteiger partial charge in [-0.05, 0) is 6.42 Å². The Morgan fingerprint density at radius 1 is 1.25 bits per heavy atom. The molecule has 114 valence electrons. The van der Waals surface area contributed by atoms with Crippen molar-refractivity contribution in [1.82, 2.24) is 9.97 Å². The number of nitrogens with zero attached hydrogens (tertiary/aromatic N) is 2. The van der Waals surface area contributed by atoms with E-state index in [-0.39, 0.29) is 17.8 Å². The first kappa shape index (κ1) is 17.0. The van der Waals surface area contributed by atoms with Crippen molar-refractivity contribution in [3.8, 4) is 0 Å². The van der Waals surface area contributed by atoms with Crippen LogP contribution in [-0.2, 0) is 0 Å². The van der Waals surface area contributed by atoms with Gasteiger partial charge >= 0.3 is 0 Å². The minimum absolute atomic E-state index is 0.0468. The molecule has 0 bridgehead atoms. The van der Waals surface area contributed by atoms with Gasteiger partial charge in [0.25, 0.3) is 0 Å². The number of hydrogen-bond donors (Lipinski definition) is 3. The normalized spacial score (nSPS) is 12.3. The van der Waals surface area contributed by atoms with Crippen LogP contribution >= 0.6 is 11.6 Å². The maximum atomic E-state index is 9.41. The predicted octanol–water partition coefficient (Wildman–Crippen LogP) is 3.24. The Bertz CT molecular complexity index is 389. The van der Waals surface area contributed by atoms with Crippen LogP contribution in [0.25, 0.3) is 0 Å². The Balaban J connectivity index is 2.34. The Kier molecular flexibility index (Phi) is 8.30. The summed E-state index contributed by atoms with van der Waals surface area (Å²) in [6.07, 6.45) is 9.64. The Hall–Kier alpha value is -1.07. The van der Waals surface area contributed by atoms with Crippen molar-refractivity contribution in [3.63, 3.8) is 0 Å². The lowest BCUT2D eigenvalue weighted by atomic mass is 10.1. The van der Waals surface area contributed by atoms with Crippen LogP contribution in [0.2, 0.25) is 5.15 Å². The molecule has 1 heterocycles. The second-order valence-electron chi connectivity index (χ2n) is 5.01. The number of nitrogen functional groups attached to an aromatic ring is 1. The molecular formula is C14H25ClN4O. The summed E-state index contributed by atoms with van der Waals surface area (Å²) in [4.78, 5) is 7.86. The summed E-state index contributed by atoms with van der Waals surface area (Å²) in [5.41, 5.74) is 6.12. The fraction of sp³-hybridized carbons (Fsp3) is 0.714. The Morgan fingerprint density at radius 3 is 2.65 bits per heavy atom. The molecule has 0 saturated heterocycles. The monoisotopic (exact) mass is 300 g/mol. The van der Waals surface area contributed by atoms with Gasteiger partial charge in [-0.15, -0.1) is 0 Å². The summed E-state index contributed by atoms with van der Waals surface area (Å²) in [5, 5.41) is 12.8. The number of aromatic nitrogens is 2. The van der Waals surface area contributed by atoms with Crippen LogP contribution < -0.4 is 11.1 Å². The van der Waals surface area contributed by atoms with E-state index >= 15 is 0 Å². The fourth-order valence-electron chi connectivity index (χ4n) is 2.06. The molecule has 0 aliphatic carbocycles. The summed E-state index contributed by atoms with van der Waals surface area (Å²) in [5.74, 6) is 0.495. The van der Waals surface area contributed by atoms with Crippen LogP contribution in [-0.4, -0.2) is 27.7 Å². The highest BCUT2D eigenvalue weighted by Gasteiger charge is 2.11. The van der Waals surface area contributed by atoms with Crippen molar-refractivity contribution in [3.05, 3.63) is 11.5 Å². The number of hydrogen-bond acceptors (Lipinski definition) is 5. The summed E-state index contributed by atoms with van der Waals surface area (Å²) in [7, 11) is 0. The van der Waals surface area contributed by atoms with Gasteiger partial charge < -0.3 is 16.2 Å². The second-order valence-corrected chi connectivity index (χ2v) is 5.37. The average Bonchev–Trinajstić information content (AvgIpc) is 2.46. The third kappa shape index (κ3) is 5.92. The predicted molar refractivity (Wildman–Crippen MR) is 83.9 cm³/mol. The number of nitrogens with two attached hydrogens (primary N) is 1. The van der Waals surface area contributed by atoms with E-state index in [0.717, 1.165) is 12.8 Å². The lowest BCUT2D eigenvalue weighted by Gasteiger charge is -2.18. The first-order valence-electron chi connectivity index (χ1n) is 7.32. The molecule has 1 unspecified atom stereocenters. The molecule has 5 nitrogen and oxygen atoms in total. The molecule has 1 atom stereocenters. The molecule has 0 fully saturated rings. The molecule has 0 radical (unpaired) electrons. The summed E-state index contributed by atoms with van der Waals surface area (Å²) in [6, 6.07) is -0.0468. The number of anilines is 2. The zero-order valence-corrected chi connectivity index (χ0v) is 12.9. The van der Waals surface area contributed by atoms with Crippen LogP contribution in [0.4, 0.5) is 11.5 Å². The lowest BCUT2D eigenvalue weighted by molar-refractivity contribution is 0.266. The standard InChI is InChI=1S/C14H25ClN4O/c1-2-3-4-5-6-7-8-11(9-20)19-14-12(16)13(15)17-10-18-14/h10-11,20H,2-9,16H2,1H3,(H,17,18,19). The van der Waals surface area contributed by atoms with E-state index < -0.39 is 0 Å². The third-order valence-corrected chi connectivity index (χ3v) is 3.60. The molecule has 0 aliphatic rings. The van der Waals surface area contributed by atoms with E-state index in [4.69, 9.17) is 17.3 Å². The SMILES string of the molecule is CCCCCCCCC(CO)Nc1ncnc(Cl)c1N. The summed E-state index contributed by atoms with van der Waals surface area (Å²) < 4.78 is 0. The molecule has 1 aromatic rings. The number of aliphatic hydroxyl groups excluding tert-OH is 1. The van der Waals surface area contributed by atoms with Gasteiger partial charge in [-0.3, -0.25) is 0 Å². The van der Waals surface area contributed by atoms with Crippen LogP contribution in [0.3, 0.4) is 0 Å². The van der Waals surface area contributed by atoms with E-state index in [0.29, 0.717) is 11.5 Å². The Morgan fingerprint density at radius 2 is 1.95 bits per heavy atom. The average molecular weight is 301 g/mol. The fourth-order valence-corrected chi connectivity index (χ4v) is 2.20. The van der Waals surface area contributed by atoms with Crippen LogP contribution in [0.5, 0.6) is 0 Å². The number of aliphatic hydroxyl groups is 1. The summed E-state index contributed by atoms with van der Waals surface area (Å²) >= 11 is 5.84. The maximum absolute atomic E-state index is 9.41. The van der Waals surface area contributed by atoms with E-state index in [1.165, 1.54) is 38.4 Å². The van der Waals surface area contributed by atoms with Crippen molar-refractivity contribution >= 4 is 23.1 Å². The van der Waals surface area contributed by atoms with Crippen molar-refractivity contribution in [1.29, 1.82) is 0 Å². The zero-order chi connectivity index (χ0) is 14.8. The second kappa shape index (κ2) is 9.77. The van der Waals surface area contributed by atoms with Gasteiger partial charge in [-0.25, -0.2) is 9.97 Å². The van der Waals surface area contributed by atoms with Gasteiger partial charge in [0.1, 0.15) is 12.0 Å². The zero-order valence-electron chi connectivity index (χ0n) is 12.1. The third-order valence-electron chi connectivity index (χ3n) is 3.30. The van der Waals surface area contributed by atoms with Gasteiger partial charge in [0.15, 0.2) is 11.0 Å². The maximum Gasteiger partial charge on any atom is 0.157 e. The van der Waals surface area contributed by atoms with Crippen molar-refractivity contribution in [2.75, 3.05) is 17.7 Å². The van der Waals surface area contributed by atoms with Gasteiger partial charge in [-0.2, -0.15) is 0 Å². The molecule has 0 amide bonds. The van der Waals surface area contributed by atoms with Crippen molar-refractivity contribution < 1.29 is 5.11 Å². The minimum Gasteiger partial charge on any atom is -0.394 e. The number of rotatable bonds is 10. The van der Waals surface area contributed by atoms with Gasteiger partial charge in [0.2, 0.25) is 0 Å². The molecule has 4 N–H and O–H groups in total. The van der Waals surface area contributed by atoms with E-state index in [1.807, 2.05) is 0 Å². The largest absolute Gasteiger partial charge is 0.394 e. The lowest BCUT2D eigenvalue weighted by Crippen LogP contribution is -2.25. The highest BCUT2D eigenvalue weighted by molar-refractivity contribution is 6.32. The molecule has 0 saturated carbocycles.